The maximum absolute atomic E-state index is 12.6. The number of hydrogen-bond donors (Lipinski definition) is 1. The normalized spacial score (nSPS) is 13.8. The standard InChI is InChI=1S/C18H35N3O2/c1-9-15(19)14(6)20(7)11-17(22)21(8)16(10-12(2)3)18(23)13(4)5/h12-13,15-16H,6,9-11,19H2,1-5,7-8H3. The molecule has 0 aliphatic heterocycles. The van der Waals surface area contributed by atoms with Crippen LogP contribution in [0.5, 0.6) is 0 Å². The first-order chi connectivity index (χ1) is 10.5. The van der Waals surface area contributed by atoms with Gasteiger partial charge < -0.3 is 15.5 Å². The molecule has 0 bridgehead atoms. The second kappa shape index (κ2) is 9.71. The smallest absolute Gasteiger partial charge is 0.242 e. The van der Waals surface area contributed by atoms with E-state index < -0.39 is 0 Å². The van der Waals surface area contributed by atoms with Crippen LogP contribution in [0.15, 0.2) is 12.3 Å². The van der Waals surface area contributed by atoms with Crippen LogP contribution in [0.1, 0.15) is 47.5 Å². The Morgan fingerprint density at radius 1 is 1.13 bits per heavy atom. The Kier molecular flexibility index (Phi) is 9.13. The number of ketones is 1. The van der Waals surface area contributed by atoms with Gasteiger partial charge in [0.25, 0.3) is 0 Å². The van der Waals surface area contributed by atoms with Gasteiger partial charge in [-0.25, -0.2) is 0 Å². The lowest BCUT2D eigenvalue weighted by Gasteiger charge is -2.32. The molecule has 2 N–H and O–H groups in total. The minimum absolute atomic E-state index is 0.0865. The third-order valence-electron chi connectivity index (χ3n) is 4.18. The Balaban J connectivity index is 4.99. The molecule has 0 aliphatic rings. The number of nitrogens with zero attached hydrogens (tertiary/aromatic N) is 2. The van der Waals surface area contributed by atoms with Gasteiger partial charge in [-0.1, -0.05) is 41.2 Å². The van der Waals surface area contributed by atoms with Gasteiger partial charge in [-0.2, -0.15) is 0 Å². The summed E-state index contributed by atoms with van der Waals surface area (Å²) in [6.07, 6.45) is 1.45. The van der Waals surface area contributed by atoms with Gasteiger partial charge in [0.2, 0.25) is 5.91 Å². The van der Waals surface area contributed by atoms with Gasteiger partial charge in [0.05, 0.1) is 12.6 Å². The van der Waals surface area contributed by atoms with Gasteiger partial charge in [-0.15, -0.1) is 0 Å². The van der Waals surface area contributed by atoms with Crippen LogP contribution in [-0.4, -0.2) is 54.2 Å². The summed E-state index contributed by atoms with van der Waals surface area (Å²) in [6.45, 7) is 14.0. The van der Waals surface area contributed by atoms with Gasteiger partial charge in [0.15, 0.2) is 5.78 Å². The molecule has 0 aromatic heterocycles. The molecule has 5 heteroatoms. The van der Waals surface area contributed by atoms with Crippen molar-refractivity contribution in [1.82, 2.24) is 9.80 Å². The largest absolute Gasteiger partial charge is 0.368 e. The van der Waals surface area contributed by atoms with Crippen LogP contribution in [0.4, 0.5) is 0 Å². The molecule has 0 aliphatic carbocycles. The Bertz CT molecular complexity index is 418. The lowest BCUT2D eigenvalue weighted by Crippen LogP contribution is -2.48. The summed E-state index contributed by atoms with van der Waals surface area (Å²) < 4.78 is 0. The summed E-state index contributed by atoms with van der Waals surface area (Å²) in [6, 6.07) is -0.522. The summed E-state index contributed by atoms with van der Waals surface area (Å²) in [5, 5.41) is 0. The zero-order valence-electron chi connectivity index (χ0n) is 15.9. The Hall–Kier alpha value is -1.36. The quantitative estimate of drug-likeness (QED) is 0.669. The fourth-order valence-electron chi connectivity index (χ4n) is 2.40. The maximum atomic E-state index is 12.6. The monoisotopic (exact) mass is 325 g/mol. The van der Waals surface area contributed by atoms with Crippen molar-refractivity contribution in [3.63, 3.8) is 0 Å². The molecule has 23 heavy (non-hydrogen) atoms. The zero-order chi connectivity index (χ0) is 18.3. The molecular weight excluding hydrogens is 290 g/mol. The maximum Gasteiger partial charge on any atom is 0.242 e. The van der Waals surface area contributed by atoms with Gasteiger partial charge in [-0.05, 0) is 18.8 Å². The van der Waals surface area contributed by atoms with E-state index in [1.807, 2.05) is 27.8 Å². The molecule has 0 heterocycles. The van der Waals surface area contributed by atoms with Crippen molar-refractivity contribution >= 4 is 11.7 Å². The fraction of sp³-hybridized carbons (Fsp3) is 0.778. The van der Waals surface area contributed by atoms with E-state index in [4.69, 9.17) is 5.73 Å². The van der Waals surface area contributed by atoms with Gasteiger partial charge >= 0.3 is 0 Å². The summed E-state index contributed by atoms with van der Waals surface area (Å²) in [5.41, 5.74) is 6.70. The third-order valence-corrected chi connectivity index (χ3v) is 4.18. The van der Waals surface area contributed by atoms with Crippen LogP contribution in [0.3, 0.4) is 0 Å². The second-order valence-electron chi connectivity index (χ2n) is 7.07. The first-order valence-corrected chi connectivity index (χ1v) is 8.47. The highest BCUT2D eigenvalue weighted by Gasteiger charge is 2.29. The Morgan fingerprint density at radius 2 is 1.65 bits per heavy atom. The van der Waals surface area contributed by atoms with Crippen molar-refractivity contribution in [2.24, 2.45) is 17.6 Å². The fourth-order valence-corrected chi connectivity index (χ4v) is 2.40. The molecule has 0 saturated heterocycles. The number of amides is 1. The number of carbonyl (C=O) groups is 2. The van der Waals surface area contributed by atoms with E-state index in [1.54, 1.807) is 16.8 Å². The lowest BCUT2D eigenvalue weighted by molar-refractivity contribution is -0.140. The van der Waals surface area contributed by atoms with Crippen molar-refractivity contribution in [2.75, 3.05) is 20.6 Å². The van der Waals surface area contributed by atoms with Crippen molar-refractivity contribution in [3.05, 3.63) is 12.3 Å². The minimum Gasteiger partial charge on any atom is -0.368 e. The van der Waals surface area contributed by atoms with Crippen LogP contribution in [0, 0.1) is 11.8 Å². The molecule has 1 amide bonds. The highest BCUT2D eigenvalue weighted by Crippen LogP contribution is 2.16. The van der Waals surface area contributed by atoms with Crippen molar-refractivity contribution in [2.45, 2.75) is 59.5 Å². The molecule has 0 saturated carbocycles. The molecule has 0 spiro atoms. The molecule has 0 aromatic carbocycles. The molecule has 0 fully saturated rings. The number of nitrogens with two attached hydrogens (primary N) is 1. The topological polar surface area (TPSA) is 66.6 Å². The molecule has 0 radical (unpaired) electrons. The van der Waals surface area contributed by atoms with Crippen molar-refractivity contribution in [1.29, 1.82) is 0 Å². The molecule has 2 unspecified atom stereocenters. The van der Waals surface area contributed by atoms with Crippen LogP contribution >= 0.6 is 0 Å². The van der Waals surface area contributed by atoms with E-state index in [0.29, 0.717) is 12.3 Å². The van der Waals surface area contributed by atoms with Crippen LogP contribution in [-0.2, 0) is 9.59 Å². The van der Waals surface area contributed by atoms with E-state index in [1.165, 1.54) is 0 Å². The average molecular weight is 325 g/mol. The first-order valence-electron chi connectivity index (χ1n) is 8.47. The first kappa shape index (κ1) is 21.6. The highest BCUT2D eigenvalue weighted by atomic mass is 16.2. The summed E-state index contributed by atoms with van der Waals surface area (Å²) in [5.74, 6) is 0.284. The number of Topliss-reactive ketones (excluding diaryl/α,β-unsaturated/α-hetero) is 1. The lowest BCUT2D eigenvalue weighted by atomic mass is 9.93. The number of likely N-dealkylation sites (N-methyl/N-ethyl adjacent to an activating group) is 2. The second-order valence-corrected chi connectivity index (χ2v) is 7.07. The molecule has 134 valence electrons. The van der Waals surface area contributed by atoms with E-state index in [-0.39, 0.29) is 36.2 Å². The highest BCUT2D eigenvalue weighted by molar-refractivity contribution is 5.90. The summed E-state index contributed by atoms with van der Waals surface area (Å²) >= 11 is 0. The van der Waals surface area contributed by atoms with Crippen LogP contribution in [0.25, 0.3) is 0 Å². The summed E-state index contributed by atoms with van der Waals surface area (Å²) in [4.78, 5) is 28.4. The molecule has 0 aromatic rings. The predicted octanol–water partition coefficient (Wildman–Crippen LogP) is 2.27. The van der Waals surface area contributed by atoms with Crippen LogP contribution < -0.4 is 5.73 Å². The van der Waals surface area contributed by atoms with Crippen LogP contribution in [0.2, 0.25) is 0 Å². The minimum atomic E-state index is -0.371. The Labute approximate surface area is 141 Å². The van der Waals surface area contributed by atoms with Crippen molar-refractivity contribution in [3.8, 4) is 0 Å². The third kappa shape index (κ3) is 6.73. The Morgan fingerprint density at radius 3 is 2.04 bits per heavy atom. The van der Waals surface area contributed by atoms with E-state index in [9.17, 15) is 9.59 Å². The zero-order valence-corrected chi connectivity index (χ0v) is 15.9. The number of hydrogen-bond acceptors (Lipinski definition) is 4. The van der Waals surface area contributed by atoms with E-state index >= 15 is 0 Å². The molecular formula is C18H35N3O2. The SMILES string of the molecule is C=C(C(N)CC)N(C)CC(=O)N(C)C(CC(C)C)C(=O)C(C)C. The van der Waals surface area contributed by atoms with Crippen molar-refractivity contribution < 1.29 is 9.59 Å². The number of rotatable bonds is 10. The van der Waals surface area contributed by atoms with E-state index in [0.717, 1.165) is 12.1 Å². The molecule has 0 rings (SSSR count). The van der Waals surface area contributed by atoms with Gasteiger partial charge in [0.1, 0.15) is 0 Å². The van der Waals surface area contributed by atoms with Gasteiger partial charge in [0, 0.05) is 31.8 Å². The molecule has 2 atom stereocenters. The average Bonchev–Trinajstić information content (AvgIpc) is 2.48. The van der Waals surface area contributed by atoms with E-state index in [2.05, 4.69) is 20.4 Å². The number of carbonyl (C=O) groups excluding carboxylic acids is 2. The molecule has 5 nitrogen and oxygen atoms in total. The van der Waals surface area contributed by atoms with Gasteiger partial charge in [-0.3, -0.25) is 9.59 Å². The predicted molar refractivity (Wildman–Crippen MR) is 95.9 cm³/mol. The summed E-state index contributed by atoms with van der Waals surface area (Å²) in [7, 11) is 3.53.